The van der Waals surface area contributed by atoms with Crippen LogP contribution in [0.3, 0.4) is 0 Å². The molecule has 0 aromatic heterocycles. The highest BCUT2D eigenvalue weighted by molar-refractivity contribution is 14.1. The van der Waals surface area contributed by atoms with Gasteiger partial charge in [0.1, 0.15) is 5.57 Å². The Morgan fingerprint density at radius 3 is 2.35 bits per heavy atom. The van der Waals surface area contributed by atoms with Crippen LogP contribution in [-0.4, -0.2) is 16.9 Å². The minimum absolute atomic E-state index is 0.0616. The number of nitrogens with one attached hydrogen (secondary N) is 1. The van der Waals surface area contributed by atoms with Gasteiger partial charge in [-0.25, -0.2) is 0 Å². The van der Waals surface area contributed by atoms with Crippen LogP contribution in [0.2, 0.25) is 0 Å². The lowest BCUT2D eigenvalue weighted by molar-refractivity contribution is -0.122. The van der Waals surface area contributed by atoms with Crippen LogP contribution in [-0.2, 0) is 9.59 Å². The SMILES string of the molecule is O=C1NC(=S)N(c2ccccc2)C(=O)/C1=C/c1ccccc1I. The van der Waals surface area contributed by atoms with E-state index in [0.29, 0.717) is 5.69 Å². The minimum Gasteiger partial charge on any atom is -0.298 e. The van der Waals surface area contributed by atoms with Crippen molar-refractivity contribution in [3.63, 3.8) is 0 Å². The first kappa shape index (κ1) is 15.8. The smallest absolute Gasteiger partial charge is 0.270 e. The molecule has 6 heteroatoms. The van der Waals surface area contributed by atoms with E-state index in [2.05, 4.69) is 27.9 Å². The fourth-order valence-electron chi connectivity index (χ4n) is 2.22. The van der Waals surface area contributed by atoms with Crippen molar-refractivity contribution >= 4 is 63.5 Å². The fourth-order valence-corrected chi connectivity index (χ4v) is 3.04. The molecule has 0 aliphatic carbocycles. The summed E-state index contributed by atoms with van der Waals surface area (Å²) in [5.41, 5.74) is 1.50. The Morgan fingerprint density at radius 1 is 1.00 bits per heavy atom. The quantitative estimate of drug-likeness (QED) is 0.342. The first-order valence-electron chi connectivity index (χ1n) is 6.79. The molecular weight excluding hydrogens is 423 g/mol. The number of hydrogen-bond donors (Lipinski definition) is 1. The standard InChI is InChI=1S/C17H11IN2O2S/c18-14-9-5-4-6-11(14)10-13-15(21)19-17(23)20(16(13)22)12-7-2-1-3-8-12/h1-10H,(H,19,21,23)/b13-10+. The number of thiocarbonyl (C=S) groups is 1. The Balaban J connectivity index is 2.04. The van der Waals surface area contributed by atoms with E-state index in [9.17, 15) is 9.59 Å². The normalized spacial score (nSPS) is 16.7. The number of amides is 2. The maximum atomic E-state index is 12.8. The van der Waals surface area contributed by atoms with Crippen LogP contribution in [0.5, 0.6) is 0 Å². The Kier molecular flexibility index (Phi) is 4.53. The number of carbonyl (C=O) groups excluding carboxylic acids is 2. The van der Waals surface area contributed by atoms with E-state index >= 15 is 0 Å². The Morgan fingerprint density at radius 2 is 1.65 bits per heavy atom. The molecule has 1 heterocycles. The number of rotatable bonds is 2. The van der Waals surface area contributed by atoms with E-state index in [1.54, 1.807) is 18.2 Å². The van der Waals surface area contributed by atoms with Crippen molar-refractivity contribution in [2.45, 2.75) is 0 Å². The highest BCUT2D eigenvalue weighted by Gasteiger charge is 2.34. The Labute approximate surface area is 152 Å². The summed E-state index contributed by atoms with van der Waals surface area (Å²) in [6.07, 6.45) is 1.59. The average molecular weight is 434 g/mol. The first-order valence-corrected chi connectivity index (χ1v) is 8.27. The summed E-state index contributed by atoms with van der Waals surface area (Å²) in [4.78, 5) is 26.3. The molecule has 1 aliphatic heterocycles. The Bertz CT molecular complexity index is 833. The third-order valence-electron chi connectivity index (χ3n) is 3.32. The number of nitrogens with zero attached hydrogens (tertiary/aromatic N) is 1. The summed E-state index contributed by atoms with van der Waals surface area (Å²) in [7, 11) is 0. The largest absolute Gasteiger partial charge is 0.298 e. The van der Waals surface area contributed by atoms with Gasteiger partial charge in [-0.05, 0) is 64.6 Å². The monoisotopic (exact) mass is 434 g/mol. The molecule has 2 amide bonds. The molecule has 23 heavy (non-hydrogen) atoms. The molecule has 0 unspecified atom stereocenters. The molecule has 114 valence electrons. The molecular formula is C17H11IN2O2S. The van der Waals surface area contributed by atoms with Crippen LogP contribution in [0.15, 0.2) is 60.2 Å². The van der Waals surface area contributed by atoms with Crippen molar-refractivity contribution in [3.05, 3.63) is 69.3 Å². The molecule has 0 atom stereocenters. The number of anilines is 1. The molecule has 2 aromatic carbocycles. The Hall–Kier alpha value is -2.06. The van der Waals surface area contributed by atoms with Gasteiger partial charge in [0.25, 0.3) is 11.8 Å². The van der Waals surface area contributed by atoms with Crippen LogP contribution in [0.4, 0.5) is 5.69 Å². The van der Waals surface area contributed by atoms with Gasteiger partial charge in [-0.1, -0.05) is 36.4 Å². The third-order valence-corrected chi connectivity index (χ3v) is 4.59. The summed E-state index contributed by atoms with van der Waals surface area (Å²) >= 11 is 7.32. The number of benzene rings is 2. The predicted octanol–water partition coefficient (Wildman–Crippen LogP) is 3.12. The summed E-state index contributed by atoms with van der Waals surface area (Å²) < 4.78 is 0.956. The van der Waals surface area contributed by atoms with Crippen LogP contribution in [0.25, 0.3) is 6.08 Å². The molecule has 0 spiro atoms. The zero-order chi connectivity index (χ0) is 16.4. The molecule has 0 saturated carbocycles. The zero-order valence-corrected chi connectivity index (χ0v) is 14.8. The van der Waals surface area contributed by atoms with Crippen molar-refractivity contribution < 1.29 is 9.59 Å². The lowest BCUT2D eigenvalue weighted by atomic mass is 10.1. The molecule has 1 fully saturated rings. The summed E-state index contributed by atoms with van der Waals surface area (Å²) in [6.45, 7) is 0. The van der Waals surface area contributed by atoms with E-state index in [-0.39, 0.29) is 10.7 Å². The number of para-hydroxylation sites is 1. The van der Waals surface area contributed by atoms with E-state index in [4.69, 9.17) is 12.2 Å². The topological polar surface area (TPSA) is 49.4 Å². The minimum atomic E-state index is -0.480. The highest BCUT2D eigenvalue weighted by Crippen LogP contribution is 2.23. The van der Waals surface area contributed by atoms with E-state index in [1.165, 1.54) is 4.90 Å². The van der Waals surface area contributed by atoms with Gasteiger partial charge >= 0.3 is 0 Å². The maximum absolute atomic E-state index is 12.8. The molecule has 1 saturated heterocycles. The summed E-state index contributed by atoms with van der Waals surface area (Å²) in [5.74, 6) is -0.906. The van der Waals surface area contributed by atoms with Gasteiger partial charge in [-0.3, -0.25) is 19.8 Å². The molecule has 3 rings (SSSR count). The molecule has 0 radical (unpaired) electrons. The maximum Gasteiger partial charge on any atom is 0.270 e. The number of carbonyl (C=O) groups is 2. The highest BCUT2D eigenvalue weighted by atomic mass is 127. The van der Waals surface area contributed by atoms with Gasteiger partial charge in [0.2, 0.25) is 0 Å². The molecule has 1 N–H and O–H groups in total. The van der Waals surface area contributed by atoms with Gasteiger partial charge in [0.05, 0.1) is 5.69 Å². The molecule has 1 aliphatic rings. The second-order valence-corrected chi connectivity index (χ2v) is 6.36. The van der Waals surface area contributed by atoms with E-state index < -0.39 is 11.8 Å². The van der Waals surface area contributed by atoms with Crippen molar-refractivity contribution in [2.24, 2.45) is 0 Å². The second kappa shape index (κ2) is 6.59. The van der Waals surface area contributed by atoms with Crippen LogP contribution in [0, 0.1) is 3.57 Å². The van der Waals surface area contributed by atoms with Gasteiger partial charge < -0.3 is 0 Å². The number of hydrogen-bond acceptors (Lipinski definition) is 3. The lowest BCUT2D eigenvalue weighted by Crippen LogP contribution is -2.54. The average Bonchev–Trinajstić information content (AvgIpc) is 2.54. The van der Waals surface area contributed by atoms with Gasteiger partial charge in [0.15, 0.2) is 5.11 Å². The second-order valence-electron chi connectivity index (χ2n) is 4.81. The zero-order valence-electron chi connectivity index (χ0n) is 11.8. The van der Waals surface area contributed by atoms with Crippen LogP contribution in [0.1, 0.15) is 5.56 Å². The van der Waals surface area contributed by atoms with Crippen molar-refractivity contribution in [1.29, 1.82) is 0 Å². The van der Waals surface area contributed by atoms with Crippen molar-refractivity contribution in [1.82, 2.24) is 5.32 Å². The van der Waals surface area contributed by atoms with Gasteiger partial charge in [-0.2, -0.15) is 0 Å². The van der Waals surface area contributed by atoms with Crippen LogP contribution >= 0.6 is 34.8 Å². The van der Waals surface area contributed by atoms with Crippen molar-refractivity contribution in [3.8, 4) is 0 Å². The van der Waals surface area contributed by atoms with E-state index in [0.717, 1.165) is 9.13 Å². The predicted molar refractivity (Wildman–Crippen MR) is 102 cm³/mol. The van der Waals surface area contributed by atoms with E-state index in [1.807, 2.05) is 42.5 Å². The van der Waals surface area contributed by atoms with Crippen LogP contribution < -0.4 is 10.2 Å². The van der Waals surface area contributed by atoms with Crippen molar-refractivity contribution in [2.75, 3.05) is 4.90 Å². The third kappa shape index (κ3) is 3.18. The molecule has 4 nitrogen and oxygen atoms in total. The first-order chi connectivity index (χ1) is 11.1. The molecule has 0 bridgehead atoms. The summed E-state index contributed by atoms with van der Waals surface area (Å²) in [5, 5.41) is 2.66. The lowest BCUT2D eigenvalue weighted by Gasteiger charge is -2.28. The summed E-state index contributed by atoms with van der Waals surface area (Å²) in [6, 6.07) is 16.5. The molecule has 2 aromatic rings. The van der Waals surface area contributed by atoms with Gasteiger partial charge in [-0.15, -0.1) is 0 Å². The fraction of sp³-hybridized carbons (Fsp3) is 0. The van der Waals surface area contributed by atoms with Gasteiger partial charge in [0, 0.05) is 3.57 Å². The number of halogens is 1.